The van der Waals surface area contributed by atoms with Crippen molar-refractivity contribution in [2.24, 2.45) is 0 Å². The molecule has 0 unspecified atom stereocenters. The summed E-state index contributed by atoms with van der Waals surface area (Å²) in [5.74, 6) is 0.829. The predicted molar refractivity (Wildman–Crippen MR) is 111 cm³/mol. The van der Waals surface area contributed by atoms with Crippen LogP contribution in [0.3, 0.4) is 0 Å². The third-order valence-corrected chi connectivity index (χ3v) is 6.66. The number of likely N-dealkylation sites (tertiary alicyclic amines) is 1. The number of nitrogens with zero attached hydrogens (tertiary/aromatic N) is 2. The summed E-state index contributed by atoms with van der Waals surface area (Å²) in [4.78, 5) is 18.8. The maximum absolute atomic E-state index is 13.0. The number of fused-ring (bicyclic) bond motifs is 1. The van der Waals surface area contributed by atoms with E-state index < -0.39 is 0 Å². The van der Waals surface area contributed by atoms with Crippen LogP contribution in [-0.2, 0) is 13.0 Å². The van der Waals surface area contributed by atoms with Crippen LogP contribution in [0.25, 0.3) is 0 Å². The molecule has 3 aromatic rings. The summed E-state index contributed by atoms with van der Waals surface area (Å²) in [5, 5.41) is 2.17. The van der Waals surface area contributed by atoms with Gasteiger partial charge in [0.2, 0.25) is 0 Å². The van der Waals surface area contributed by atoms with Gasteiger partial charge in [0.15, 0.2) is 0 Å². The highest BCUT2D eigenvalue weighted by Gasteiger charge is 2.36. The number of hydrogen-bond donors (Lipinski definition) is 0. The van der Waals surface area contributed by atoms with Crippen LogP contribution >= 0.6 is 11.3 Å². The van der Waals surface area contributed by atoms with Crippen molar-refractivity contribution in [3.05, 3.63) is 81.8 Å². The van der Waals surface area contributed by atoms with Crippen molar-refractivity contribution in [3.63, 3.8) is 0 Å². The van der Waals surface area contributed by atoms with E-state index in [4.69, 9.17) is 4.74 Å². The average molecular weight is 408 g/mol. The van der Waals surface area contributed by atoms with Gasteiger partial charge in [0.05, 0.1) is 0 Å². The molecule has 3 heterocycles. The van der Waals surface area contributed by atoms with E-state index in [1.54, 1.807) is 24.3 Å². The molecule has 0 N–H and O–H groups in total. The third kappa shape index (κ3) is 3.78. The lowest BCUT2D eigenvalue weighted by Crippen LogP contribution is -2.61. The fourth-order valence-corrected chi connectivity index (χ4v) is 4.84. The standard InChI is InChI=1S/C23H21FN2O2S/c24-18-4-6-20(7-5-18)28-21-3-1-2-16(12-21)23(27)26-14-19(15-26)25-10-8-22-17(13-25)9-11-29-22/h1-7,9,11-12,19H,8,10,13-15H2. The van der Waals surface area contributed by atoms with Gasteiger partial charge in [-0.3, -0.25) is 9.69 Å². The van der Waals surface area contributed by atoms with Crippen LogP contribution in [0, 0.1) is 5.82 Å². The van der Waals surface area contributed by atoms with E-state index in [-0.39, 0.29) is 11.7 Å². The molecule has 0 spiro atoms. The predicted octanol–water partition coefficient (Wildman–Crippen LogP) is 4.56. The molecular weight excluding hydrogens is 387 g/mol. The van der Waals surface area contributed by atoms with Crippen LogP contribution in [0.5, 0.6) is 11.5 Å². The Morgan fingerprint density at radius 1 is 1.07 bits per heavy atom. The molecule has 2 aliphatic heterocycles. The number of ether oxygens (including phenoxy) is 1. The molecule has 2 aromatic carbocycles. The summed E-state index contributed by atoms with van der Waals surface area (Å²) in [7, 11) is 0. The van der Waals surface area contributed by atoms with Gasteiger partial charge in [-0.2, -0.15) is 0 Å². The summed E-state index contributed by atoms with van der Waals surface area (Å²) in [6.45, 7) is 3.59. The Morgan fingerprint density at radius 3 is 2.72 bits per heavy atom. The Morgan fingerprint density at radius 2 is 1.90 bits per heavy atom. The molecule has 2 aliphatic rings. The molecule has 4 nitrogen and oxygen atoms in total. The molecule has 1 aromatic heterocycles. The van der Waals surface area contributed by atoms with E-state index in [1.165, 1.54) is 22.6 Å². The van der Waals surface area contributed by atoms with Crippen LogP contribution in [-0.4, -0.2) is 41.4 Å². The molecule has 0 atom stereocenters. The molecule has 1 saturated heterocycles. The smallest absolute Gasteiger partial charge is 0.254 e. The highest BCUT2D eigenvalue weighted by Crippen LogP contribution is 2.29. The average Bonchev–Trinajstić information content (AvgIpc) is 3.17. The van der Waals surface area contributed by atoms with E-state index in [0.717, 1.165) is 32.6 Å². The number of thiophene rings is 1. The van der Waals surface area contributed by atoms with Crippen molar-refractivity contribution in [2.75, 3.05) is 19.6 Å². The van der Waals surface area contributed by atoms with Crippen molar-refractivity contribution in [1.29, 1.82) is 0 Å². The number of carbonyl (C=O) groups is 1. The van der Waals surface area contributed by atoms with Crippen LogP contribution < -0.4 is 4.74 Å². The Balaban J connectivity index is 1.20. The van der Waals surface area contributed by atoms with Crippen molar-refractivity contribution in [2.45, 2.75) is 19.0 Å². The Labute approximate surface area is 173 Å². The summed E-state index contributed by atoms with van der Waals surface area (Å²) < 4.78 is 18.8. The maximum atomic E-state index is 13.0. The molecule has 0 radical (unpaired) electrons. The number of carbonyl (C=O) groups excluding carboxylic acids is 1. The van der Waals surface area contributed by atoms with Crippen molar-refractivity contribution in [3.8, 4) is 11.5 Å². The van der Waals surface area contributed by atoms with Gasteiger partial charge in [0.1, 0.15) is 17.3 Å². The number of halogens is 1. The SMILES string of the molecule is O=C(c1cccc(Oc2ccc(F)cc2)c1)N1CC(N2CCc3sccc3C2)C1. The number of benzene rings is 2. The van der Waals surface area contributed by atoms with E-state index in [0.29, 0.717) is 23.1 Å². The first-order valence-corrected chi connectivity index (χ1v) is 10.7. The number of hydrogen-bond acceptors (Lipinski definition) is 4. The Hall–Kier alpha value is -2.70. The second-order valence-electron chi connectivity index (χ2n) is 7.54. The van der Waals surface area contributed by atoms with Gasteiger partial charge < -0.3 is 9.64 Å². The van der Waals surface area contributed by atoms with Gasteiger partial charge in [0, 0.05) is 42.7 Å². The summed E-state index contributed by atoms with van der Waals surface area (Å²) in [5.41, 5.74) is 2.05. The molecule has 148 valence electrons. The van der Waals surface area contributed by atoms with E-state index in [9.17, 15) is 9.18 Å². The molecular formula is C23H21FN2O2S. The quantitative estimate of drug-likeness (QED) is 0.634. The topological polar surface area (TPSA) is 32.8 Å². The first-order valence-electron chi connectivity index (χ1n) is 9.78. The number of amides is 1. The first-order chi connectivity index (χ1) is 14.2. The Kier molecular flexibility index (Phi) is 4.81. The minimum Gasteiger partial charge on any atom is -0.457 e. The van der Waals surface area contributed by atoms with E-state index in [1.807, 2.05) is 28.4 Å². The van der Waals surface area contributed by atoms with Crippen molar-refractivity contribution in [1.82, 2.24) is 9.80 Å². The van der Waals surface area contributed by atoms with Gasteiger partial charge in [0.25, 0.3) is 5.91 Å². The zero-order valence-corrected chi connectivity index (χ0v) is 16.7. The Bertz CT molecular complexity index is 1030. The zero-order valence-electron chi connectivity index (χ0n) is 15.9. The van der Waals surface area contributed by atoms with Gasteiger partial charge in [-0.25, -0.2) is 4.39 Å². The molecule has 6 heteroatoms. The number of rotatable bonds is 4. The fourth-order valence-electron chi connectivity index (χ4n) is 3.95. The highest BCUT2D eigenvalue weighted by molar-refractivity contribution is 7.10. The lowest BCUT2D eigenvalue weighted by atomic mass is 10.0. The van der Waals surface area contributed by atoms with Crippen LogP contribution in [0.15, 0.2) is 60.0 Å². The minimum absolute atomic E-state index is 0.0269. The van der Waals surface area contributed by atoms with Crippen LogP contribution in [0.1, 0.15) is 20.8 Å². The third-order valence-electron chi connectivity index (χ3n) is 5.63. The van der Waals surface area contributed by atoms with E-state index >= 15 is 0 Å². The van der Waals surface area contributed by atoms with E-state index in [2.05, 4.69) is 16.3 Å². The molecule has 0 saturated carbocycles. The second-order valence-corrected chi connectivity index (χ2v) is 8.54. The fraction of sp³-hybridized carbons (Fsp3) is 0.261. The van der Waals surface area contributed by atoms with Gasteiger partial charge in [-0.1, -0.05) is 6.07 Å². The first kappa shape index (κ1) is 18.3. The highest BCUT2D eigenvalue weighted by atomic mass is 32.1. The van der Waals surface area contributed by atoms with Gasteiger partial charge in [-0.05, 0) is 65.9 Å². The monoisotopic (exact) mass is 408 g/mol. The maximum Gasteiger partial charge on any atom is 0.254 e. The zero-order chi connectivity index (χ0) is 19.8. The lowest BCUT2D eigenvalue weighted by Gasteiger charge is -2.46. The summed E-state index contributed by atoms with van der Waals surface area (Å²) in [6, 6.07) is 15.7. The summed E-state index contributed by atoms with van der Waals surface area (Å²) >= 11 is 1.85. The van der Waals surface area contributed by atoms with Crippen LogP contribution in [0.4, 0.5) is 4.39 Å². The molecule has 29 heavy (non-hydrogen) atoms. The molecule has 0 bridgehead atoms. The largest absolute Gasteiger partial charge is 0.457 e. The van der Waals surface area contributed by atoms with Gasteiger partial charge >= 0.3 is 0 Å². The molecule has 5 rings (SSSR count). The second kappa shape index (κ2) is 7.61. The molecule has 1 fully saturated rings. The molecule has 1 amide bonds. The minimum atomic E-state index is -0.308. The normalized spacial score (nSPS) is 16.9. The summed E-state index contributed by atoms with van der Waals surface area (Å²) in [6.07, 6.45) is 1.11. The van der Waals surface area contributed by atoms with Gasteiger partial charge in [-0.15, -0.1) is 11.3 Å². The lowest BCUT2D eigenvalue weighted by molar-refractivity contribution is 0.0220. The van der Waals surface area contributed by atoms with Crippen LogP contribution in [0.2, 0.25) is 0 Å². The van der Waals surface area contributed by atoms with Crippen molar-refractivity contribution < 1.29 is 13.9 Å². The molecule has 0 aliphatic carbocycles. The van der Waals surface area contributed by atoms with Crippen molar-refractivity contribution >= 4 is 17.2 Å².